The lowest BCUT2D eigenvalue weighted by Gasteiger charge is -2.01. The molecule has 0 amide bonds. The molecule has 0 saturated carbocycles. The first kappa shape index (κ1) is 7.72. The lowest BCUT2D eigenvalue weighted by Crippen LogP contribution is -1.92. The third kappa shape index (κ3) is 1.37. The molecule has 0 bridgehead atoms. The largest absolute Gasteiger partial charge is 0.197 e. The van der Waals surface area contributed by atoms with Crippen LogP contribution in [0.25, 0.3) is 0 Å². The fourth-order valence-corrected chi connectivity index (χ4v) is 1.29. The van der Waals surface area contributed by atoms with E-state index in [9.17, 15) is 0 Å². The van der Waals surface area contributed by atoms with Gasteiger partial charge in [0.1, 0.15) is 0 Å². The van der Waals surface area contributed by atoms with E-state index in [1.165, 1.54) is 0 Å². The number of hydrogen-bond acceptors (Lipinski definition) is 2. The summed E-state index contributed by atoms with van der Waals surface area (Å²) in [5.41, 5.74) is 1.02. The monoisotopic (exact) mass is 203 g/mol. The SMILES string of the molecule is CCC(C)c1n[nH]nc1Br. The highest BCUT2D eigenvalue weighted by Gasteiger charge is 2.10. The standard InChI is InChI=1S/C6H10BrN3/c1-3-4(2)5-6(7)9-10-8-5/h4H,3H2,1-2H3,(H,8,9,10). The summed E-state index contributed by atoms with van der Waals surface area (Å²) in [6.45, 7) is 4.26. The second kappa shape index (κ2) is 3.14. The van der Waals surface area contributed by atoms with Crippen LogP contribution >= 0.6 is 15.9 Å². The number of aromatic nitrogens is 3. The Hall–Kier alpha value is -0.380. The van der Waals surface area contributed by atoms with E-state index in [0.29, 0.717) is 5.92 Å². The van der Waals surface area contributed by atoms with Gasteiger partial charge in [-0.15, -0.1) is 5.10 Å². The maximum atomic E-state index is 4.00. The highest BCUT2D eigenvalue weighted by Crippen LogP contribution is 2.21. The number of nitrogens with zero attached hydrogens (tertiary/aromatic N) is 2. The predicted octanol–water partition coefficient (Wildman–Crippen LogP) is 2.08. The molecular weight excluding hydrogens is 194 g/mol. The molecule has 0 saturated heterocycles. The van der Waals surface area contributed by atoms with E-state index in [4.69, 9.17) is 0 Å². The Morgan fingerprint density at radius 2 is 2.30 bits per heavy atom. The van der Waals surface area contributed by atoms with Gasteiger partial charge in [-0.1, -0.05) is 13.8 Å². The molecule has 0 aromatic carbocycles. The molecule has 0 aliphatic carbocycles. The predicted molar refractivity (Wildman–Crippen MR) is 42.8 cm³/mol. The van der Waals surface area contributed by atoms with Crippen LogP contribution in [0.4, 0.5) is 0 Å². The summed E-state index contributed by atoms with van der Waals surface area (Å²) in [4.78, 5) is 0. The molecular formula is C6H10BrN3. The minimum Gasteiger partial charge on any atom is -0.197 e. The van der Waals surface area contributed by atoms with Crippen LogP contribution in [0.3, 0.4) is 0 Å². The first-order valence-corrected chi connectivity index (χ1v) is 4.11. The van der Waals surface area contributed by atoms with Crippen LogP contribution in [0.5, 0.6) is 0 Å². The minimum absolute atomic E-state index is 0.480. The van der Waals surface area contributed by atoms with E-state index < -0.39 is 0 Å². The van der Waals surface area contributed by atoms with Gasteiger partial charge in [0.25, 0.3) is 0 Å². The smallest absolute Gasteiger partial charge is 0.151 e. The van der Waals surface area contributed by atoms with E-state index >= 15 is 0 Å². The molecule has 1 N–H and O–H groups in total. The highest BCUT2D eigenvalue weighted by molar-refractivity contribution is 9.10. The molecule has 0 spiro atoms. The van der Waals surface area contributed by atoms with Gasteiger partial charge in [-0.05, 0) is 22.4 Å². The van der Waals surface area contributed by atoms with Gasteiger partial charge in [-0.25, -0.2) is 0 Å². The molecule has 0 aliphatic heterocycles. The molecule has 1 rings (SSSR count). The van der Waals surface area contributed by atoms with Crippen LogP contribution in [0, 0.1) is 0 Å². The van der Waals surface area contributed by atoms with E-state index in [-0.39, 0.29) is 0 Å². The Bertz CT molecular complexity index is 209. The van der Waals surface area contributed by atoms with Gasteiger partial charge in [-0.3, -0.25) is 0 Å². The number of rotatable bonds is 2. The van der Waals surface area contributed by atoms with Crippen LogP contribution in [0.15, 0.2) is 4.60 Å². The van der Waals surface area contributed by atoms with Gasteiger partial charge in [0.15, 0.2) is 4.60 Å². The number of hydrogen-bond donors (Lipinski definition) is 1. The Labute approximate surface area is 68.3 Å². The Morgan fingerprint density at radius 1 is 1.60 bits per heavy atom. The number of aromatic amines is 1. The van der Waals surface area contributed by atoms with Crippen molar-refractivity contribution >= 4 is 15.9 Å². The van der Waals surface area contributed by atoms with Crippen LogP contribution in [-0.2, 0) is 0 Å². The third-order valence-electron chi connectivity index (χ3n) is 1.61. The molecule has 1 atom stereocenters. The van der Waals surface area contributed by atoms with Gasteiger partial charge < -0.3 is 0 Å². The maximum Gasteiger partial charge on any atom is 0.151 e. The van der Waals surface area contributed by atoms with Crippen molar-refractivity contribution in [1.82, 2.24) is 15.4 Å². The molecule has 1 unspecified atom stereocenters. The van der Waals surface area contributed by atoms with Crippen molar-refractivity contribution in [3.05, 3.63) is 10.3 Å². The molecule has 1 heterocycles. The van der Waals surface area contributed by atoms with Gasteiger partial charge in [0, 0.05) is 5.92 Å². The van der Waals surface area contributed by atoms with Crippen molar-refractivity contribution in [2.45, 2.75) is 26.2 Å². The molecule has 3 nitrogen and oxygen atoms in total. The second-order valence-electron chi connectivity index (χ2n) is 2.31. The van der Waals surface area contributed by atoms with E-state index in [1.807, 2.05) is 0 Å². The number of H-pyrrole nitrogens is 1. The summed E-state index contributed by atoms with van der Waals surface area (Å²) < 4.78 is 0.835. The van der Waals surface area contributed by atoms with Crippen molar-refractivity contribution in [3.63, 3.8) is 0 Å². The van der Waals surface area contributed by atoms with Gasteiger partial charge in [0.05, 0.1) is 5.69 Å². The first-order chi connectivity index (χ1) is 4.75. The summed E-state index contributed by atoms with van der Waals surface area (Å²) in [7, 11) is 0. The summed E-state index contributed by atoms with van der Waals surface area (Å²) in [6.07, 6.45) is 1.09. The van der Waals surface area contributed by atoms with E-state index in [1.54, 1.807) is 0 Å². The fraction of sp³-hybridized carbons (Fsp3) is 0.667. The topological polar surface area (TPSA) is 41.6 Å². The highest BCUT2D eigenvalue weighted by atomic mass is 79.9. The van der Waals surface area contributed by atoms with Crippen molar-refractivity contribution < 1.29 is 0 Å². The average Bonchev–Trinajstić information content (AvgIpc) is 2.34. The lowest BCUT2D eigenvalue weighted by atomic mass is 10.1. The minimum atomic E-state index is 0.480. The molecule has 56 valence electrons. The van der Waals surface area contributed by atoms with E-state index in [0.717, 1.165) is 16.7 Å². The van der Waals surface area contributed by atoms with E-state index in [2.05, 4.69) is 45.2 Å². The summed E-state index contributed by atoms with van der Waals surface area (Å²) in [6, 6.07) is 0. The summed E-state index contributed by atoms with van der Waals surface area (Å²) in [5.74, 6) is 0.480. The Morgan fingerprint density at radius 3 is 2.70 bits per heavy atom. The molecule has 10 heavy (non-hydrogen) atoms. The van der Waals surface area contributed by atoms with Crippen LogP contribution in [0.1, 0.15) is 31.9 Å². The lowest BCUT2D eigenvalue weighted by molar-refractivity contribution is 0.700. The normalized spacial score (nSPS) is 13.5. The van der Waals surface area contributed by atoms with Crippen molar-refractivity contribution in [1.29, 1.82) is 0 Å². The second-order valence-corrected chi connectivity index (χ2v) is 3.06. The fourth-order valence-electron chi connectivity index (χ4n) is 0.733. The van der Waals surface area contributed by atoms with Crippen molar-refractivity contribution in [3.8, 4) is 0 Å². The average molecular weight is 204 g/mol. The van der Waals surface area contributed by atoms with Crippen LogP contribution < -0.4 is 0 Å². The Kier molecular flexibility index (Phi) is 2.43. The summed E-state index contributed by atoms with van der Waals surface area (Å²) in [5, 5.41) is 10.4. The molecule has 0 aliphatic rings. The molecule has 1 aromatic heterocycles. The van der Waals surface area contributed by atoms with Gasteiger partial charge in [-0.2, -0.15) is 10.3 Å². The Balaban J connectivity index is 2.82. The number of halogens is 1. The quantitative estimate of drug-likeness (QED) is 0.801. The van der Waals surface area contributed by atoms with Crippen molar-refractivity contribution in [2.24, 2.45) is 0 Å². The molecule has 0 radical (unpaired) electrons. The van der Waals surface area contributed by atoms with Gasteiger partial charge >= 0.3 is 0 Å². The van der Waals surface area contributed by atoms with Crippen LogP contribution in [0.2, 0.25) is 0 Å². The zero-order chi connectivity index (χ0) is 7.56. The van der Waals surface area contributed by atoms with Gasteiger partial charge in [0.2, 0.25) is 0 Å². The first-order valence-electron chi connectivity index (χ1n) is 3.31. The maximum absolute atomic E-state index is 4.00. The molecule has 1 aromatic rings. The number of nitrogens with one attached hydrogen (secondary N) is 1. The molecule has 0 fully saturated rings. The van der Waals surface area contributed by atoms with Crippen LogP contribution in [-0.4, -0.2) is 15.4 Å². The third-order valence-corrected chi connectivity index (χ3v) is 2.19. The zero-order valence-corrected chi connectivity index (χ0v) is 7.64. The summed E-state index contributed by atoms with van der Waals surface area (Å²) >= 11 is 3.30. The molecule has 4 heteroatoms. The zero-order valence-electron chi connectivity index (χ0n) is 6.06. The van der Waals surface area contributed by atoms with Crippen molar-refractivity contribution in [2.75, 3.05) is 0 Å².